The number of likely N-dealkylation sites (tertiary alicyclic amines) is 1. The molecule has 23 heavy (non-hydrogen) atoms. The smallest absolute Gasteiger partial charge is 0.263 e. The molecule has 4 heteroatoms. The maximum Gasteiger partial charge on any atom is 0.263 e. The molecule has 0 spiro atoms. The summed E-state index contributed by atoms with van der Waals surface area (Å²) in [5.41, 5.74) is 2.31. The van der Waals surface area contributed by atoms with Crippen molar-refractivity contribution in [2.75, 3.05) is 26.7 Å². The summed E-state index contributed by atoms with van der Waals surface area (Å²) in [5, 5.41) is 3.20. The van der Waals surface area contributed by atoms with Crippen molar-refractivity contribution < 1.29 is 9.53 Å². The van der Waals surface area contributed by atoms with Crippen molar-refractivity contribution in [3.63, 3.8) is 0 Å². The van der Waals surface area contributed by atoms with Gasteiger partial charge in [0.1, 0.15) is 5.75 Å². The van der Waals surface area contributed by atoms with Gasteiger partial charge in [0.25, 0.3) is 5.91 Å². The van der Waals surface area contributed by atoms with E-state index in [0.717, 1.165) is 42.9 Å². The van der Waals surface area contributed by atoms with Crippen LogP contribution in [0.3, 0.4) is 0 Å². The van der Waals surface area contributed by atoms with Crippen molar-refractivity contribution in [2.24, 2.45) is 5.92 Å². The molecule has 1 aromatic rings. The summed E-state index contributed by atoms with van der Waals surface area (Å²) < 4.78 is 6.05. The molecule has 1 heterocycles. The number of aryl methyl sites for hydroxylation is 1. The highest BCUT2D eigenvalue weighted by Gasteiger charge is 2.29. The molecule has 0 aromatic heterocycles. The molecule has 1 aliphatic rings. The molecule has 4 nitrogen and oxygen atoms in total. The molecule has 1 fully saturated rings. The molecular weight excluding hydrogens is 288 g/mol. The van der Waals surface area contributed by atoms with Crippen molar-refractivity contribution in [1.82, 2.24) is 10.2 Å². The number of nitrogens with zero attached hydrogens (tertiary/aromatic N) is 1. The zero-order chi connectivity index (χ0) is 17.0. The Hall–Kier alpha value is -1.55. The molecule has 0 bridgehead atoms. The van der Waals surface area contributed by atoms with Gasteiger partial charge in [0, 0.05) is 13.1 Å². The van der Waals surface area contributed by atoms with E-state index in [2.05, 4.69) is 31.3 Å². The molecule has 0 saturated carbocycles. The predicted octanol–water partition coefficient (Wildman–Crippen LogP) is 2.95. The summed E-state index contributed by atoms with van der Waals surface area (Å²) in [7, 11) is 1.96. The lowest BCUT2D eigenvalue weighted by molar-refractivity contribution is -0.137. The molecule has 1 aliphatic heterocycles. The average molecular weight is 318 g/mol. The van der Waals surface area contributed by atoms with Crippen LogP contribution < -0.4 is 10.1 Å². The molecule has 2 rings (SSSR count). The second-order valence-electron chi connectivity index (χ2n) is 6.95. The summed E-state index contributed by atoms with van der Waals surface area (Å²) in [6, 6.07) is 6.23. The van der Waals surface area contributed by atoms with Crippen LogP contribution in [0.25, 0.3) is 0 Å². The van der Waals surface area contributed by atoms with E-state index in [0.29, 0.717) is 11.8 Å². The molecule has 1 amide bonds. The van der Waals surface area contributed by atoms with Gasteiger partial charge >= 0.3 is 0 Å². The van der Waals surface area contributed by atoms with Crippen LogP contribution >= 0.6 is 0 Å². The van der Waals surface area contributed by atoms with Gasteiger partial charge in [0.2, 0.25) is 0 Å². The summed E-state index contributed by atoms with van der Waals surface area (Å²) in [5.74, 6) is 1.87. The van der Waals surface area contributed by atoms with E-state index in [4.69, 9.17) is 4.74 Å². The molecular formula is C19H30N2O2. The number of hydrogen-bond acceptors (Lipinski definition) is 3. The van der Waals surface area contributed by atoms with Crippen LogP contribution in [-0.2, 0) is 4.79 Å². The Labute approximate surface area is 140 Å². The van der Waals surface area contributed by atoms with Crippen molar-refractivity contribution in [3.05, 3.63) is 29.3 Å². The highest BCUT2D eigenvalue weighted by atomic mass is 16.5. The van der Waals surface area contributed by atoms with Gasteiger partial charge < -0.3 is 15.0 Å². The van der Waals surface area contributed by atoms with Gasteiger partial charge in [-0.05, 0) is 62.9 Å². The lowest BCUT2D eigenvalue weighted by Crippen LogP contribution is -2.39. The van der Waals surface area contributed by atoms with Gasteiger partial charge in [-0.1, -0.05) is 26.0 Å². The van der Waals surface area contributed by atoms with Crippen LogP contribution in [0, 0.1) is 12.8 Å². The standard InChI is InChI=1S/C19H30N2O2/c1-13(2)17-7-6-14(3)10-18(17)23-15(4)19(22)21-9-8-16(12-21)11-20-5/h6-7,10,13,15-16,20H,8-9,11-12H2,1-5H3. The van der Waals surface area contributed by atoms with E-state index < -0.39 is 6.10 Å². The monoisotopic (exact) mass is 318 g/mol. The number of hydrogen-bond donors (Lipinski definition) is 1. The Balaban J connectivity index is 2.03. The average Bonchev–Trinajstić information content (AvgIpc) is 2.95. The minimum atomic E-state index is -0.442. The van der Waals surface area contributed by atoms with Gasteiger partial charge in [-0.3, -0.25) is 4.79 Å². The third kappa shape index (κ3) is 4.47. The fraction of sp³-hybridized carbons (Fsp3) is 0.632. The van der Waals surface area contributed by atoms with Crippen LogP contribution in [0.1, 0.15) is 44.2 Å². The number of carbonyl (C=O) groups excluding carboxylic acids is 1. The van der Waals surface area contributed by atoms with E-state index in [9.17, 15) is 4.79 Å². The molecule has 0 radical (unpaired) electrons. The molecule has 1 N–H and O–H groups in total. The SMILES string of the molecule is CNCC1CCN(C(=O)C(C)Oc2cc(C)ccc2C(C)C)C1. The van der Waals surface area contributed by atoms with Crippen molar-refractivity contribution in [3.8, 4) is 5.75 Å². The first-order valence-electron chi connectivity index (χ1n) is 8.63. The van der Waals surface area contributed by atoms with Crippen molar-refractivity contribution >= 4 is 5.91 Å². The topological polar surface area (TPSA) is 41.6 Å². The third-order valence-electron chi connectivity index (χ3n) is 4.53. The number of amides is 1. The summed E-state index contributed by atoms with van der Waals surface area (Å²) in [6.07, 6.45) is 0.628. The van der Waals surface area contributed by atoms with Crippen LogP contribution in [-0.4, -0.2) is 43.6 Å². The minimum absolute atomic E-state index is 0.0971. The van der Waals surface area contributed by atoms with E-state index in [-0.39, 0.29) is 5.91 Å². The maximum absolute atomic E-state index is 12.6. The Morgan fingerprint density at radius 3 is 2.78 bits per heavy atom. The summed E-state index contributed by atoms with van der Waals surface area (Å²) in [6.45, 7) is 10.8. The minimum Gasteiger partial charge on any atom is -0.481 e. The van der Waals surface area contributed by atoms with Gasteiger partial charge in [-0.15, -0.1) is 0 Å². The normalized spacial score (nSPS) is 19.2. The van der Waals surface area contributed by atoms with E-state index in [1.54, 1.807) is 0 Å². The van der Waals surface area contributed by atoms with E-state index in [1.165, 1.54) is 0 Å². The maximum atomic E-state index is 12.6. The van der Waals surface area contributed by atoms with Gasteiger partial charge in [0.15, 0.2) is 6.10 Å². The predicted molar refractivity (Wildman–Crippen MR) is 94.0 cm³/mol. The Morgan fingerprint density at radius 2 is 2.13 bits per heavy atom. The largest absolute Gasteiger partial charge is 0.481 e. The van der Waals surface area contributed by atoms with Crippen LogP contribution in [0.5, 0.6) is 5.75 Å². The molecule has 1 saturated heterocycles. The zero-order valence-corrected chi connectivity index (χ0v) is 15.1. The molecule has 0 aliphatic carbocycles. The lowest BCUT2D eigenvalue weighted by atomic mass is 10.0. The number of rotatable bonds is 6. The Bertz CT molecular complexity index is 542. The van der Waals surface area contributed by atoms with E-state index in [1.807, 2.05) is 31.9 Å². The van der Waals surface area contributed by atoms with Crippen molar-refractivity contribution in [1.29, 1.82) is 0 Å². The highest BCUT2D eigenvalue weighted by Crippen LogP contribution is 2.29. The van der Waals surface area contributed by atoms with Crippen molar-refractivity contribution in [2.45, 2.75) is 46.1 Å². The van der Waals surface area contributed by atoms with Crippen LogP contribution in [0.15, 0.2) is 18.2 Å². The number of nitrogens with one attached hydrogen (secondary N) is 1. The quantitative estimate of drug-likeness (QED) is 0.877. The highest BCUT2D eigenvalue weighted by molar-refractivity contribution is 5.81. The summed E-state index contributed by atoms with van der Waals surface area (Å²) >= 11 is 0. The number of benzene rings is 1. The van der Waals surface area contributed by atoms with Crippen LogP contribution in [0.4, 0.5) is 0 Å². The van der Waals surface area contributed by atoms with Gasteiger partial charge in [0.05, 0.1) is 0 Å². The second-order valence-corrected chi connectivity index (χ2v) is 6.95. The summed E-state index contributed by atoms with van der Waals surface area (Å²) in [4.78, 5) is 14.6. The second kappa shape index (κ2) is 7.82. The number of ether oxygens (including phenoxy) is 1. The molecule has 1 aromatic carbocycles. The third-order valence-corrected chi connectivity index (χ3v) is 4.53. The first-order chi connectivity index (χ1) is 10.9. The molecule has 2 unspecified atom stereocenters. The fourth-order valence-corrected chi connectivity index (χ4v) is 3.21. The first-order valence-corrected chi connectivity index (χ1v) is 8.63. The van der Waals surface area contributed by atoms with E-state index >= 15 is 0 Å². The molecule has 2 atom stereocenters. The lowest BCUT2D eigenvalue weighted by Gasteiger charge is -2.24. The van der Waals surface area contributed by atoms with Gasteiger partial charge in [-0.2, -0.15) is 0 Å². The first kappa shape index (κ1) is 17.8. The Kier molecular flexibility index (Phi) is 6.05. The Morgan fingerprint density at radius 1 is 1.39 bits per heavy atom. The molecule has 128 valence electrons. The van der Waals surface area contributed by atoms with Gasteiger partial charge in [-0.25, -0.2) is 0 Å². The zero-order valence-electron chi connectivity index (χ0n) is 15.1. The number of carbonyl (C=O) groups is 1. The van der Waals surface area contributed by atoms with Crippen LogP contribution in [0.2, 0.25) is 0 Å². The fourth-order valence-electron chi connectivity index (χ4n) is 3.21.